The number of benzene rings is 1. The average molecular weight is 294 g/mol. The number of amidine groups is 1. The smallest absolute Gasteiger partial charge is 0.156 e. The van der Waals surface area contributed by atoms with E-state index in [0.717, 1.165) is 29.0 Å². The van der Waals surface area contributed by atoms with Crippen molar-refractivity contribution in [2.75, 3.05) is 18.1 Å². The van der Waals surface area contributed by atoms with E-state index in [4.69, 9.17) is 4.99 Å². The molecule has 1 aromatic carbocycles. The van der Waals surface area contributed by atoms with Crippen LogP contribution in [-0.4, -0.2) is 29.3 Å². The minimum absolute atomic E-state index is 0.489. The van der Waals surface area contributed by atoms with E-state index in [2.05, 4.69) is 42.6 Å². The largest absolute Gasteiger partial charge is 0.365 e. The molecule has 4 heteroatoms. The molecule has 0 saturated carbocycles. The monoisotopic (exact) mass is 294 g/mol. The van der Waals surface area contributed by atoms with E-state index < -0.39 is 0 Å². The lowest BCUT2D eigenvalue weighted by atomic mass is 10.2. The van der Waals surface area contributed by atoms with Gasteiger partial charge in [0, 0.05) is 23.8 Å². The van der Waals surface area contributed by atoms with Crippen molar-refractivity contribution in [3.05, 3.63) is 35.9 Å². The Morgan fingerprint density at radius 1 is 1.37 bits per heavy atom. The predicted octanol–water partition coefficient (Wildman–Crippen LogP) is 3.78. The molecule has 0 amide bonds. The zero-order valence-electron chi connectivity index (χ0n) is 11.5. The molecule has 2 nitrogen and oxygen atoms in total. The third-order valence-corrected chi connectivity index (χ3v) is 5.17. The second kappa shape index (κ2) is 8.54. The van der Waals surface area contributed by atoms with Gasteiger partial charge < -0.3 is 5.32 Å². The topological polar surface area (TPSA) is 24.4 Å². The van der Waals surface area contributed by atoms with Gasteiger partial charge in [-0.2, -0.15) is 11.8 Å². The summed E-state index contributed by atoms with van der Waals surface area (Å²) < 4.78 is 0. The van der Waals surface area contributed by atoms with Crippen molar-refractivity contribution in [1.29, 1.82) is 0 Å². The van der Waals surface area contributed by atoms with Gasteiger partial charge in [-0.05, 0) is 12.0 Å². The Balaban J connectivity index is 1.64. The van der Waals surface area contributed by atoms with Gasteiger partial charge in [0.25, 0.3) is 0 Å². The Hall–Kier alpha value is -0.610. The first-order chi connectivity index (χ1) is 9.38. The summed E-state index contributed by atoms with van der Waals surface area (Å²) in [6.45, 7) is 3.28. The zero-order valence-corrected chi connectivity index (χ0v) is 13.1. The lowest BCUT2D eigenvalue weighted by Gasteiger charge is -2.05. The van der Waals surface area contributed by atoms with Crippen molar-refractivity contribution in [1.82, 2.24) is 5.32 Å². The number of nitrogens with one attached hydrogen (secondary N) is 1. The molecule has 1 unspecified atom stereocenters. The summed E-state index contributed by atoms with van der Waals surface area (Å²) in [6.07, 6.45) is 2.47. The van der Waals surface area contributed by atoms with Crippen LogP contribution in [0.3, 0.4) is 0 Å². The van der Waals surface area contributed by atoms with Gasteiger partial charge in [0.1, 0.15) is 0 Å². The molecule has 104 valence electrons. The Bertz CT molecular complexity index is 392. The van der Waals surface area contributed by atoms with Gasteiger partial charge in [0.15, 0.2) is 5.17 Å². The maximum absolute atomic E-state index is 4.74. The molecule has 0 fully saturated rings. The van der Waals surface area contributed by atoms with Crippen LogP contribution in [0.2, 0.25) is 0 Å². The third kappa shape index (κ3) is 5.49. The van der Waals surface area contributed by atoms with Gasteiger partial charge in [0.05, 0.1) is 6.04 Å². The highest BCUT2D eigenvalue weighted by molar-refractivity contribution is 8.14. The van der Waals surface area contributed by atoms with Crippen LogP contribution in [0.25, 0.3) is 0 Å². The first kappa shape index (κ1) is 14.8. The maximum atomic E-state index is 4.74. The van der Waals surface area contributed by atoms with Crippen molar-refractivity contribution in [2.24, 2.45) is 4.99 Å². The standard InChI is InChI=1S/C15H22N2S2/c1-2-3-9-16-15-17-14(12-19-15)11-18-10-13-7-5-4-6-8-13/h4-8,14H,2-3,9-12H2,1H3,(H,16,17). The first-order valence-electron chi connectivity index (χ1n) is 6.94. The van der Waals surface area contributed by atoms with Gasteiger partial charge in [0.2, 0.25) is 0 Å². The Morgan fingerprint density at radius 3 is 3.00 bits per heavy atom. The summed E-state index contributed by atoms with van der Waals surface area (Å²) in [6, 6.07) is 11.2. The highest BCUT2D eigenvalue weighted by atomic mass is 32.2. The SMILES string of the molecule is CCCCNC1=NC(CSCc2ccccc2)CS1. The van der Waals surface area contributed by atoms with Gasteiger partial charge in [-0.1, -0.05) is 55.4 Å². The third-order valence-electron chi connectivity index (χ3n) is 2.94. The molecular formula is C15H22N2S2. The zero-order chi connectivity index (χ0) is 13.3. The van der Waals surface area contributed by atoms with Crippen molar-refractivity contribution in [2.45, 2.75) is 31.6 Å². The molecule has 2 rings (SSSR count). The van der Waals surface area contributed by atoms with Gasteiger partial charge >= 0.3 is 0 Å². The summed E-state index contributed by atoms with van der Waals surface area (Å²) in [5.41, 5.74) is 1.41. The van der Waals surface area contributed by atoms with Crippen LogP contribution in [0.15, 0.2) is 35.3 Å². The van der Waals surface area contributed by atoms with Gasteiger partial charge in [-0.25, -0.2) is 0 Å². The molecule has 1 aliphatic rings. The van der Waals surface area contributed by atoms with Crippen LogP contribution in [0.1, 0.15) is 25.3 Å². The summed E-state index contributed by atoms with van der Waals surface area (Å²) in [5.74, 6) is 3.35. The van der Waals surface area contributed by atoms with E-state index in [0.29, 0.717) is 6.04 Å². The minimum Gasteiger partial charge on any atom is -0.365 e. The number of thioether (sulfide) groups is 2. The molecule has 1 aromatic rings. The van der Waals surface area contributed by atoms with E-state index in [1.165, 1.54) is 18.4 Å². The maximum Gasteiger partial charge on any atom is 0.156 e. The Labute approximate surface area is 124 Å². The molecule has 1 heterocycles. The van der Waals surface area contributed by atoms with Crippen molar-refractivity contribution >= 4 is 28.7 Å². The van der Waals surface area contributed by atoms with Crippen LogP contribution >= 0.6 is 23.5 Å². The molecule has 0 radical (unpaired) electrons. The van der Waals surface area contributed by atoms with Crippen LogP contribution < -0.4 is 5.32 Å². The summed E-state index contributed by atoms with van der Waals surface area (Å²) in [5, 5.41) is 4.58. The number of hydrogen-bond donors (Lipinski definition) is 1. The number of hydrogen-bond acceptors (Lipinski definition) is 4. The normalized spacial score (nSPS) is 18.4. The number of aliphatic imine (C=N–C) groups is 1. The summed E-state index contributed by atoms with van der Waals surface area (Å²) in [7, 11) is 0. The van der Waals surface area contributed by atoms with Gasteiger partial charge in [-0.3, -0.25) is 4.99 Å². The van der Waals surface area contributed by atoms with Crippen molar-refractivity contribution in [3.63, 3.8) is 0 Å². The van der Waals surface area contributed by atoms with E-state index in [-0.39, 0.29) is 0 Å². The number of unbranched alkanes of at least 4 members (excludes halogenated alkanes) is 1. The molecule has 0 bridgehead atoms. The average Bonchev–Trinajstić information content (AvgIpc) is 2.88. The highest BCUT2D eigenvalue weighted by Gasteiger charge is 2.17. The lowest BCUT2D eigenvalue weighted by Crippen LogP contribution is -2.20. The van der Waals surface area contributed by atoms with E-state index >= 15 is 0 Å². The van der Waals surface area contributed by atoms with Crippen LogP contribution in [0.5, 0.6) is 0 Å². The molecular weight excluding hydrogens is 272 g/mol. The highest BCUT2D eigenvalue weighted by Crippen LogP contribution is 2.21. The number of rotatable bonds is 7. The minimum atomic E-state index is 0.489. The Kier molecular flexibility index (Phi) is 6.65. The molecule has 1 aliphatic heterocycles. The quantitative estimate of drug-likeness (QED) is 0.775. The summed E-state index contributed by atoms with van der Waals surface area (Å²) >= 11 is 3.86. The Morgan fingerprint density at radius 2 is 2.21 bits per heavy atom. The molecule has 0 aliphatic carbocycles. The van der Waals surface area contributed by atoms with E-state index in [1.54, 1.807) is 0 Å². The van der Waals surface area contributed by atoms with Crippen LogP contribution in [0.4, 0.5) is 0 Å². The van der Waals surface area contributed by atoms with Crippen molar-refractivity contribution < 1.29 is 0 Å². The van der Waals surface area contributed by atoms with Crippen LogP contribution in [-0.2, 0) is 5.75 Å². The van der Waals surface area contributed by atoms with Crippen molar-refractivity contribution in [3.8, 4) is 0 Å². The fraction of sp³-hybridized carbons (Fsp3) is 0.533. The van der Waals surface area contributed by atoms with Gasteiger partial charge in [-0.15, -0.1) is 0 Å². The van der Waals surface area contributed by atoms with Crippen LogP contribution in [0, 0.1) is 0 Å². The summed E-state index contributed by atoms with van der Waals surface area (Å²) in [4.78, 5) is 4.74. The van der Waals surface area contributed by atoms with E-state index in [9.17, 15) is 0 Å². The first-order valence-corrected chi connectivity index (χ1v) is 9.08. The second-order valence-electron chi connectivity index (χ2n) is 4.68. The van der Waals surface area contributed by atoms with E-state index in [1.807, 2.05) is 23.5 Å². The molecule has 1 atom stereocenters. The number of nitrogens with zero attached hydrogens (tertiary/aromatic N) is 1. The lowest BCUT2D eigenvalue weighted by molar-refractivity contribution is 0.754. The predicted molar refractivity (Wildman–Crippen MR) is 89.2 cm³/mol. The molecule has 19 heavy (non-hydrogen) atoms. The molecule has 0 saturated heterocycles. The molecule has 1 N–H and O–H groups in total. The fourth-order valence-electron chi connectivity index (χ4n) is 1.86. The fourth-order valence-corrected chi connectivity index (χ4v) is 3.99. The molecule has 0 spiro atoms. The second-order valence-corrected chi connectivity index (χ2v) is 6.72. The molecule has 0 aromatic heterocycles.